The van der Waals surface area contributed by atoms with Gasteiger partial charge in [0.1, 0.15) is 0 Å². The van der Waals surface area contributed by atoms with Crippen LogP contribution in [0, 0.1) is 6.92 Å². The first-order valence-corrected chi connectivity index (χ1v) is 6.82. The van der Waals surface area contributed by atoms with Crippen LogP contribution in [0.3, 0.4) is 0 Å². The maximum atomic E-state index is 6.09. The molecule has 2 rings (SSSR count). The lowest BCUT2D eigenvalue weighted by Gasteiger charge is -2.14. The van der Waals surface area contributed by atoms with Crippen LogP contribution in [-0.2, 0) is 13.5 Å². The Morgan fingerprint density at radius 1 is 1.28 bits per heavy atom. The van der Waals surface area contributed by atoms with Gasteiger partial charge in [-0.25, -0.2) is 0 Å². The first-order valence-electron chi connectivity index (χ1n) is 6.29. The summed E-state index contributed by atoms with van der Waals surface area (Å²) in [6, 6.07) is 8.68. The summed E-state index contributed by atoms with van der Waals surface area (Å²) in [5.41, 5.74) is 3.90. The van der Waals surface area contributed by atoms with Crippen molar-refractivity contribution in [2.24, 2.45) is 7.05 Å². The molecule has 18 heavy (non-hydrogen) atoms. The van der Waals surface area contributed by atoms with E-state index in [1.165, 1.54) is 16.7 Å². The molecule has 1 aromatic carbocycles. The molecule has 0 radical (unpaired) electrons. The van der Waals surface area contributed by atoms with Crippen LogP contribution in [0.15, 0.2) is 36.7 Å². The molecule has 1 atom stereocenters. The van der Waals surface area contributed by atoms with E-state index in [0.717, 1.165) is 12.8 Å². The van der Waals surface area contributed by atoms with E-state index in [-0.39, 0.29) is 0 Å². The molecular formula is C15H19ClN2. The SMILES string of the molecule is Cc1ccc(C(CCl)CCc2cnn(C)c2)cc1. The maximum Gasteiger partial charge on any atom is 0.0521 e. The normalized spacial score (nSPS) is 12.6. The standard InChI is InChI=1S/C15H19ClN2/c1-12-3-6-14(7-4-12)15(9-16)8-5-13-10-17-18(2)11-13/h3-4,6-7,10-11,15H,5,8-9H2,1-2H3. The van der Waals surface area contributed by atoms with Crippen molar-refractivity contribution in [2.45, 2.75) is 25.7 Å². The molecule has 1 aromatic heterocycles. The molecule has 0 saturated heterocycles. The summed E-state index contributed by atoms with van der Waals surface area (Å²) in [6.07, 6.45) is 6.10. The summed E-state index contributed by atoms with van der Waals surface area (Å²) in [4.78, 5) is 0. The average Bonchev–Trinajstić information content (AvgIpc) is 2.78. The van der Waals surface area contributed by atoms with Gasteiger partial charge in [-0.05, 0) is 36.8 Å². The molecule has 0 aliphatic heterocycles. The van der Waals surface area contributed by atoms with E-state index < -0.39 is 0 Å². The van der Waals surface area contributed by atoms with Crippen molar-refractivity contribution in [3.05, 3.63) is 53.3 Å². The van der Waals surface area contributed by atoms with Gasteiger partial charge >= 0.3 is 0 Å². The number of hydrogen-bond acceptors (Lipinski definition) is 1. The number of alkyl halides is 1. The fourth-order valence-corrected chi connectivity index (χ4v) is 2.45. The third kappa shape index (κ3) is 3.36. The van der Waals surface area contributed by atoms with E-state index in [9.17, 15) is 0 Å². The van der Waals surface area contributed by atoms with Crippen LogP contribution < -0.4 is 0 Å². The van der Waals surface area contributed by atoms with Gasteiger partial charge in [0.2, 0.25) is 0 Å². The van der Waals surface area contributed by atoms with Gasteiger partial charge < -0.3 is 0 Å². The quantitative estimate of drug-likeness (QED) is 0.752. The predicted molar refractivity (Wildman–Crippen MR) is 76.2 cm³/mol. The summed E-state index contributed by atoms with van der Waals surface area (Å²) in [5, 5.41) is 4.19. The lowest BCUT2D eigenvalue weighted by Crippen LogP contribution is -2.02. The molecule has 0 saturated carbocycles. The van der Waals surface area contributed by atoms with Crippen LogP contribution >= 0.6 is 11.6 Å². The summed E-state index contributed by atoms with van der Waals surface area (Å²) < 4.78 is 1.84. The van der Waals surface area contributed by atoms with Crippen LogP contribution in [0.25, 0.3) is 0 Å². The molecule has 2 nitrogen and oxygen atoms in total. The van der Waals surface area contributed by atoms with Crippen molar-refractivity contribution >= 4 is 11.6 Å². The first-order chi connectivity index (χ1) is 8.69. The van der Waals surface area contributed by atoms with Gasteiger partial charge in [0.25, 0.3) is 0 Å². The molecule has 0 amide bonds. The Kier molecular flexibility index (Phi) is 4.43. The molecule has 2 aromatic rings. The van der Waals surface area contributed by atoms with Crippen molar-refractivity contribution in [1.82, 2.24) is 9.78 Å². The lowest BCUT2D eigenvalue weighted by molar-refractivity contribution is 0.684. The Hall–Kier alpha value is -1.28. The van der Waals surface area contributed by atoms with E-state index in [4.69, 9.17) is 11.6 Å². The third-order valence-electron chi connectivity index (χ3n) is 3.27. The zero-order valence-electron chi connectivity index (χ0n) is 10.9. The highest BCUT2D eigenvalue weighted by Gasteiger charge is 2.10. The topological polar surface area (TPSA) is 17.8 Å². The number of hydrogen-bond donors (Lipinski definition) is 0. The highest BCUT2D eigenvalue weighted by molar-refractivity contribution is 6.18. The highest BCUT2D eigenvalue weighted by atomic mass is 35.5. The maximum absolute atomic E-state index is 6.09. The Morgan fingerprint density at radius 2 is 2.00 bits per heavy atom. The number of aromatic nitrogens is 2. The average molecular weight is 263 g/mol. The van der Waals surface area contributed by atoms with Crippen LogP contribution in [0.2, 0.25) is 0 Å². The number of aryl methyl sites for hydroxylation is 3. The van der Waals surface area contributed by atoms with Crippen LogP contribution in [-0.4, -0.2) is 15.7 Å². The molecule has 1 unspecified atom stereocenters. The van der Waals surface area contributed by atoms with Crippen molar-refractivity contribution in [1.29, 1.82) is 0 Å². The van der Waals surface area contributed by atoms with Gasteiger partial charge in [0.05, 0.1) is 6.20 Å². The smallest absolute Gasteiger partial charge is 0.0521 e. The summed E-state index contributed by atoms with van der Waals surface area (Å²) in [7, 11) is 1.95. The monoisotopic (exact) mass is 262 g/mol. The van der Waals surface area contributed by atoms with Crippen molar-refractivity contribution in [3.63, 3.8) is 0 Å². The zero-order valence-corrected chi connectivity index (χ0v) is 11.7. The number of benzene rings is 1. The van der Waals surface area contributed by atoms with Crippen molar-refractivity contribution in [2.75, 3.05) is 5.88 Å². The summed E-state index contributed by atoms with van der Waals surface area (Å²) >= 11 is 6.09. The van der Waals surface area contributed by atoms with E-state index in [0.29, 0.717) is 11.8 Å². The summed E-state index contributed by atoms with van der Waals surface area (Å²) in [6.45, 7) is 2.11. The second-order valence-corrected chi connectivity index (χ2v) is 5.13. The zero-order chi connectivity index (χ0) is 13.0. The van der Waals surface area contributed by atoms with E-state index in [2.05, 4.69) is 42.5 Å². The fourth-order valence-electron chi connectivity index (χ4n) is 2.11. The van der Waals surface area contributed by atoms with Gasteiger partial charge in [-0.15, -0.1) is 11.6 Å². The van der Waals surface area contributed by atoms with Crippen molar-refractivity contribution < 1.29 is 0 Å². The third-order valence-corrected chi connectivity index (χ3v) is 3.65. The highest BCUT2D eigenvalue weighted by Crippen LogP contribution is 2.23. The largest absolute Gasteiger partial charge is 0.276 e. The molecule has 1 heterocycles. The van der Waals surface area contributed by atoms with Gasteiger partial charge in [-0.1, -0.05) is 29.8 Å². The minimum atomic E-state index is 0.424. The minimum absolute atomic E-state index is 0.424. The predicted octanol–water partition coefficient (Wildman–Crippen LogP) is 3.68. The lowest BCUT2D eigenvalue weighted by atomic mass is 9.94. The fraction of sp³-hybridized carbons (Fsp3) is 0.400. The van der Waals surface area contributed by atoms with Crippen LogP contribution in [0.1, 0.15) is 29.0 Å². The number of nitrogens with zero attached hydrogens (tertiary/aromatic N) is 2. The minimum Gasteiger partial charge on any atom is -0.276 e. The molecule has 0 fully saturated rings. The van der Waals surface area contributed by atoms with Crippen LogP contribution in [0.5, 0.6) is 0 Å². The molecular weight excluding hydrogens is 244 g/mol. The van der Waals surface area contributed by atoms with Gasteiger partial charge in [-0.3, -0.25) is 4.68 Å². The Bertz CT molecular complexity index is 487. The first kappa shape index (κ1) is 13.2. The second-order valence-electron chi connectivity index (χ2n) is 4.82. The Labute approximate surface area is 114 Å². The Morgan fingerprint density at radius 3 is 2.56 bits per heavy atom. The van der Waals surface area contributed by atoms with Gasteiger partial charge in [0.15, 0.2) is 0 Å². The van der Waals surface area contributed by atoms with E-state index in [1.54, 1.807) is 0 Å². The Balaban J connectivity index is 1.99. The molecule has 0 aliphatic rings. The second kappa shape index (κ2) is 6.05. The number of rotatable bonds is 5. The van der Waals surface area contributed by atoms with Gasteiger partial charge in [-0.2, -0.15) is 5.10 Å². The van der Waals surface area contributed by atoms with Crippen LogP contribution in [0.4, 0.5) is 0 Å². The van der Waals surface area contributed by atoms with Crippen molar-refractivity contribution in [3.8, 4) is 0 Å². The summed E-state index contributed by atoms with van der Waals surface area (Å²) in [5.74, 6) is 1.09. The molecule has 0 N–H and O–H groups in total. The van der Waals surface area contributed by atoms with E-state index in [1.807, 2.05) is 17.9 Å². The molecule has 3 heteroatoms. The molecule has 0 aliphatic carbocycles. The molecule has 0 bridgehead atoms. The van der Waals surface area contributed by atoms with E-state index >= 15 is 0 Å². The van der Waals surface area contributed by atoms with Gasteiger partial charge in [0, 0.05) is 19.1 Å². The number of halogens is 1. The molecule has 96 valence electrons. The molecule has 0 spiro atoms.